The van der Waals surface area contributed by atoms with Gasteiger partial charge in [0.25, 0.3) is 0 Å². The number of H-pyrrole nitrogens is 1. The summed E-state index contributed by atoms with van der Waals surface area (Å²) >= 11 is 19.0. The molecule has 0 saturated heterocycles. The third-order valence-corrected chi connectivity index (χ3v) is 6.83. The minimum atomic E-state index is 0.492. The van der Waals surface area contributed by atoms with Crippen LogP contribution in [0.1, 0.15) is 28.9 Å². The van der Waals surface area contributed by atoms with Crippen molar-refractivity contribution in [2.45, 2.75) is 38.3 Å². The lowest BCUT2D eigenvalue weighted by atomic mass is 9.86. The van der Waals surface area contributed by atoms with E-state index in [9.17, 15) is 0 Å². The fraction of sp³-hybridized carbons (Fsp3) is 0.318. The van der Waals surface area contributed by atoms with Crippen LogP contribution in [-0.2, 0) is 25.8 Å². The number of hydrogen-bond donors (Lipinski definition) is 1. The molecule has 5 rings (SSSR count). The van der Waals surface area contributed by atoms with Crippen molar-refractivity contribution >= 4 is 34.8 Å². The summed E-state index contributed by atoms with van der Waals surface area (Å²) in [5.41, 5.74) is 5.88. The Kier molecular flexibility index (Phi) is 4.88. The average Bonchev–Trinajstić information content (AvgIpc) is 3.11. The monoisotopic (exact) mass is 431 g/mol. The van der Waals surface area contributed by atoms with E-state index in [0.29, 0.717) is 6.04 Å². The predicted molar refractivity (Wildman–Crippen MR) is 115 cm³/mol. The molecular formula is C22H20Cl3N3. The van der Waals surface area contributed by atoms with Gasteiger partial charge in [-0.05, 0) is 54.7 Å². The topological polar surface area (TPSA) is 31.9 Å². The third kappa shape index (κ3) is 3.35. The fourth-order valence-electron chi connectivity index (χ4n) is 4.49. The van der Waals surface area contributed by atoms with Gasteiger partial charge in [0.1, 0.15) is 5.82 Å². The number of rotatable bonds is 2. The zero-order valence-electron chi connectivity index (χ0n) is 15.3. The van der Waals surface area contributed by atoms with E-state index in [-0.39, 0.29) is 0 Å². The Morgan fingerprint density at radius 2 is 1.89 bits per heavy atom. The van der Waals surface area contributed by atoms with Crippen LogP contribution in [0.25, 0.3) is 11.4 Å². The van der Waals surface area contributed by atoms with Gasteiger partial charge in [-0.25, -0.2) is 4.98 Å². The standard InChI is InChI=1S/C22H20Cl3N3/c23-14-9-13-5-6-15(11-17(13)19(25)10-14)28-8-7-20-21(12-28)27-22(26-20)16-3-1-2-4-18(16)24/h1-4,9-10,15H,5-8,11-12H2,(H,26,27). The maximum Gasteiger partial charge on any atom is 0.139 e. The third-order valence-electron chi connectivity index (χ3n) is 5.95. The van der Waals surface area contributed by atoms with Gasteiger partial charge >= 0.3 is 0 Å². The van der Waals surface area contributed by atoms with Crippen molar-refractivity contribution in [1.29, 1.82) is 0 Å². The molecule has 28 heavy (non-hydrogen) atoms. The first-order chi connectivity index (χ1) is 13.6. The highest BCUT2D eigenvalue weighted by Gasteiger charge is 2.30. The summed E-state index contributed by atoms with van der Waals surface area (Å²) in [7, 11) is 0. The van der Waals surface area contributed by atoms with Crippen LogP contribution in [0.15, 0.2) is 36.4 Å². The molecule has 2 aliphatic rings. The quantitative estimate of drug-likeness (QED) is 0.542. The minimum Gasteiger partial charge on any atom is -0.340 e. The second-order valence-corrected chi connectivity index (χ2v) is 8.88. The van der Waals surface area contributed by atoms with Crippen LogP contribution < -0.4 is 0 Å². The Bertz CT molecular complexity index is 1040. The number of nitrogens with zero attached hydrogens (tertiary/aromatic N) is 2. The van der Waals surface area contributed by atoms with Gasteiger partial charge in [0.2, 0.25) is 0 Å². The van der Waals surface area contributed by atoms with Gasteiger partial charge in [-0.2, -0.15) is 0 Å². The summed E-state index contributed by atoms with van der Waals surface area (Å²) in [5, 5.41) is 2.25. The number of benzene rings is 2. The van der Waals surface area contributed by atoms with Gasteiger partial charge in [0.15, 0.2) is 0 Å². The lowest BCUT2D eigenvalue weighted by molar-refractivity contribution is 0.160. The fourth-order valence-corrected chi connectivity index (χ4v) is 5.33. The van der Waals surface area contributed by atoms with E-state index in [2.05, 4.69) is 16.0 Å². The molecule has 0 fully saturated rings. The van der Waals surface area contributed by atoms with Crippen molar-refractivity contribution in [3.63, 3.8) is 0 Å². The maximum atomic E-state index is 6.49. The van der Waals surface area contributed by atoms with E-state index in [1.54, 1.807) is 0 Å². The number of aryl methyl sites for hydroxylation is 1. The van der Waals surface area contributed by atoms with Crippen LogP contribution >= 0.6 is 34.8 Å². The smallest absolute Gasteiger partial charge is 0.139 e. The molecule has 144 valence electrons. The molecule has 0 spiro atoms. The van der Waals surface area contributed by atoms with Gasteiger partial charge in [0, 0.05) is 41.2 Å². The number of fused-ring (bicyclic) bond motifs is 2. The van der Waals surface area contributed by atoms with Crippen LogP contribution in [-0.4, -0.2) is 27.5 Å². The van der Waals surface area contributed by atoms with Gasteiger partial charge in [-0.1, -0.05) is 46.9 Å². The molecule has 0 amide bonds. The first-order valence-corrected chi connectivity index (χ1v) is 10.8. The average molecular weight is 433 g/mol. The molecule has 1 unspecified atom stereocenters. The summed E-state index contributed by atoms with van der Waals surface area (Å²) < 4.78 is 0. The summed E-state index contributed by atoms with van der Waals surface area (Å²) in [4.78, 5) is 10.9. The van der Waals surface area contributed by atoms with Crippen molar-refractivity contribution < 1.29 is 0 Å². The van der Waals surface area contributed by atoms with Crippen molar-refractivity contribution in [3.8, 4) is 11.4 Å². The van der Waals surface area contributed by atoms with Crippen molar-refractivity contribution in [3.05, 3.63) is 74.0 Å². The first kappa shape index (κ1) is 18.5. The first-order valence-electron chi connectivity index (χ1n) is 9.62. The Hall–Kier alpha value is -1.52. The number of imidazole rings is 1. The molecule has 3 nitrogen and oxygen atoms in total. The zero-order chi connectivity index (χ0) is 19.3. The highest BCUT2D eigenvalue weighted by Crippen LogP contribution is 2.35. The van der Waals surface area contributed by atoms with Crippen LogP contribution in [0, 0.1) is 0 Å². The lowest BCUT2D eigenvalue weighted by Gasteiger charge is -2.37. The predicted octanol–water partition coefficient (Wildman–Crippen LogP) is 5.95. The van der Waals surface area contributed by atoms with Gasteiger partial charge in [-0.3, -0.25) is 4.90 Å². The highest BCUT2D eigenvalue weighted by atomic mass is 35.5. The van der Waals surface area contributed by atoms with Crippen LogP contribution in [0.5, 0.6) is 0 Å². The largest absolute Gasteiger partial charge is 0.340 e. The van der Waals surface area contributed by atoms with Crippen LogP contribution in [0.3, 0.4) is 0 Å². The molecule has 0 saturated carbocycles. The Labute approximate surface area is 179 Å². The Morgan fingerprint density at radius 3 is 2.75 bits per heavy atom. The molecule has 2 heterocycles. The molecule has 3 aromatic rings. The van der Waals surface area contributed by atoms with Crippen LogP contribution in [0.4, 0.5) is 0 Å². The molecule has 2 aromatic carbocycles. The Balaban J connectivity index is 1.37. The molecule has 1 aliphatic heterocycles. The molecular weight excluding hydrogens is 413 g/mol. The molecule has 1 atom stereocenters. The van der Waals surface area contributed by atoms with Crippen molar-refractivity contribution in [1.82, 2.24) is 14.9 Å². The van der Waals surface area contributed by atoms with Crippen LogP contribution in [0.2, 0.25) is 15.1 Å². The maximum absolute atomic E-state index is 6.49. The van der Waals surface area contributed by atoms with Crippen molar-refractivity contribution in [2.75, 3.05) is 6.54 Å². The van der Waals surface area contributed by atoms with E-state index in [1.807, 2.05) is 30.3 Å². The summed E-state index contributed by atoms with van der Waals surface area (Å²) in [6.07, 6.45) is 4.09. The van der Waals surface area contributed by atoms with E-state index in [4.69, 9.17) is 39.8 Å². The van der Waals surface area contributed by atoms with Crippen molar-refractivity contribution in [2.24, 2.45) is 0 Å². The zero-order valence-corrected chi connectivity index (χ0v) is 17.6. The van der Waals surface area contributed by atoms with E-state index in [1.165, 1.54) is 16.8 Å². The van der Waals surface area contributed by atoms with E-state index < -0.39 is 0 Å². The molecule has 0 radical (unpaired) electrons. The van der Waals surface area contributed by atoms with E-state index in [0.717, 1.165) is 70.9 Å². The second-order valence-electron chi connectivity index (χ2n) is 7.63. The molecule has 6 heteroatoms. The summed E-state index contributed by atoms with van der Waals surface area (Å²) in [5.74, 6) is 0.865. The summed E-state index contributed by atoms with van der Waals surface area (Å²) in [6, 6.07) is 12.3. The minimum absolute atomic E-state index is 0.492. The number of aromatic nitrogens is 2. The SMILES string of the molecule is Clc1cc(Cl)c2c(c1)CCC(N1CCc3nc(-c4ccccc4Cl)[nH]c3C1)C2. The molecule has 0 bridgehead atoms. The highest BCUT2D eigenvalue weighted by molar-refractivity contribution is 6.35. The number of nitrogens with one attached hydrogen (secondary N) is 1. The van der Waals surface area contributed by atoms with Gasteiger partial charge in [-0.15, -0.1) is 0 Å². The number of hydrogen-bond acceptors (Lipinski definition) is 2. The Morgan fingerprint density at radius 1 is 1.04 bits per heavy atom. The number of halogens is 3. The van der Waals surface area contributed by atoms with E-state index >= 15 is 0 Å². The second kappa shape index (κ2) is 7.38. The lowest BCUT2D eigenvalue weighted by Crippen LogP contribution is -2.42. The molecule has 1 N–H and O–H groups in total. The number of aromatic amines is 1. The molecule has 1 aromatic heterocycles. The van der Waals surface area contributed by atoms with Gasteiger partial charge < -0.3 is 4.98 Å². The normalized spacial score (nSPS) is 19.3. The summed E-state index contributed by atoms with van der Waals surface area (Å²) in [6.45, 7) is 1.91. The molecule has 1 aliphatic carbocycles. The van der Waals surface area contributed by atoms with Gasteiger partial charge in [0.05, 0.1) is 16.4 Å².